The van der Waals surface area contributed by atoms with Gasteiger partial charge in [0.1, 0.15) is 5.82 Å². The first-order valence-electron chi connectivity index (χ1n) is 9.22. The maximum absolute atomic E-state index is 12.5. The van der Waals surface area contributed by atoms with Gasteiger partial charge >= 0.3 is 0 Å². The van der Waals surface area contributed by atoms with Gasteiger partial charge in [-0.25, -0.2) is 4.98 Å². The van der Waals surface area contributed by atoms with E-state index < -0.39 is 0 Å². The van der Waals surface area contributed by atoms with Gasteiger partial charge in [0.15, 0.2) is 0 Å². The minimum Gasteiger partial charge on any atom is -0.325 e. The molecule has 0 unspecified atom stereocenters. The number of aromatic nitrogens is 2. The van der Waals surface area contributed by atoms with Gasteiger partial charge in [-0.3, -0.25) is 14.5 Å². The van der Waals surface area contributed by atoms with Crippen molar-refractivity contribution in [3.8, 4) is 0 Å². The third-order valence-corrected chi connectivity index (χ3v) is 4.65. The fraction of sp³-hybridized carbons (Fsp3) is 0.286. The molecule has 0 fully saturated rings. The number of fused-ring (bicyclic) bond motifs is 1. The summed E-state index contributed by atoms with van der Waals surface area (Å²) in [6, 6.07) is 12.7. The maximum Gasteiger partial charge on any atom is 0.258 e. The van der Waals surface area contributed by atoms with Crippen LogP contribution >= 0.6 is 11.6 Å². The molecule has 0 saturated carbocycles. The Morgan fingerprint density at radius 1 is 1.25 bits per heavy atom. The average molecular weight is 399 g/mol. The smallest absolute Gasteiger partial charge is 0.258 e. The van der Waals surface area contributed by atoms with Crippen LogP contribution in [0.25, 0.3) is 10.9 Å². The summed E-state index contributed by atoms with van der Waals surface area (Å²) in [5.74, 6) is 0.426. The van der Waals surface area contributed by atoms with Crippen LogP contribution in [-0.4, -0.2) is 33.9 Å². The number of aromatic amines is 1. The predicted octanol–water partition coefficient (Wildman–Crippen LogP) is 3.74. The Kier molecular flexibility index (Phi) is 6.44. The Balaban J connectivity index is 1.75. The zero-order valence-corrected chi connectivity index (χ0v) is 16.7. The Bertz CT molecular complexity index is 1050. The Labute approximate surface area is 168 Å². The fourth-order valence-electron chi connectivity index (χ4n) is 3.08. The molecular weight excluding hydrogens is 376 g/mol. The SMILES string of the molecule is CCCN(CC(=O)Nc1ccccc1C)Cc1nc2ccc(Cl)cc2c(=O)[nH]1. The van der Waals surface area contributed by atoms with Crippen LogP contribution in [-0.2, 0) is 11.3 Å². The van der Waals surface area contributed by atoms with E-state index in [1.54, 1.807) is 18.2 Å². The lowest BCUT2D eigenvalue weighted by atomic mass is 10.2. The lowest BCUT2D eigenvalue weighted by Gasteiger charge is -2.21. The van der Waals surface area contributed by atoms with E-state index in [-0.39, 0.29) is 18.0 Å². The summed E-state index contributed by atoms with van der Waals surface area (Å²) < 4.78 is 0. The molecule has 0 radical (unpaired) electrons. The molecule has 1 amide bonds. The first-order valence-corrected chi connectivity index (χ1v) is 9.60. The third kappa shape index (κ3) is 4.97. The number of rotatable bonds is 7. The number of carbonyl (C=O) groups is 1. The Morgan fingerprint density at radius 2 is 2.04 bits per heavy atom. The number of nitrogens with one attached hydrogen (secondary N) is 2. The molecule has 146 valence electrons. The fourth-order valence-corrected chi connectivity index (χ4v) is 3.25. The molecule has 2 aromatic carbocycles. The molecule has 0 saturated heterocycles. The summed E-state index contributed by atoms with van der Waals surface area (Å²) >= 11 is 5.96. The topological polar surface area (TPSA) is 78.1 Å². The van der Waals surface area contributed by atoms with E-state index in [1.807, 2.05) is 43.0 Å². The van der Waals surface area contributed by atoms with E-state index in [2.05, 4.69) is 15.3 Å². The molecule has 3 rings (SSSR count). The monoisotopic (exact) mass is 398 g/mol. The number of halogens is 1. The highest BCUT2D eigenvalue weighted by Gasteiger charge is 2.14. The summed E-state index contributed by atoms with van der Waals surface area (Å²) in [4.78, 5) is 34.1. The van der Waals surface area contributed by atoms with E-state index in [9.17, 15) is 9.59 Å². The highest BCUT2D eigenvalue weighted by Crippen LogP contribution is 2.15. The zero-order chi connectivity index (χ0) is 20.1. The van der Waals surface area contributed by atoms with Crippen LogP contribution in [0.3, 0.4) is 0 Å². The van der Waals surface area contributed by atoms with Gasteiger partial charge in [-0.15, -0.1) is 0 Å². The Morgan fingerprint density at radius 3 is 2.79 bits per heavy atom. The highest BCUT2D eigenvalue weighted by atomic mass is 35.5. The van der Waals surface area contributed by atoms with E-state index >= 15 is 0 Å². The largest absolute Gasteiger partial charge is 0.325 e. The number of amides is 1. The van der Waals surface area contributed by atoms with Crippen LogP contribution in [0.15, 0.2) is 47.3 Å². The lowest BCUT2D eigenvalue weighted by molar-refractivity contribution is -0.117. The number of benzene rings is 2. The summed E-state index contributed by atoms with van der Waals surface area (Å²) in [6.07, 6.45) is 0.880. The molecule has 0 aliphatic rings. The zero-order valence-electron chi connectivity index (χ0n) is 16.0. The van der Waals surface area contributed by atoms with Gasteiger partial charge in [0, 0.05) is 10.7 Å². The molecule has 7 heteroatoms. The van der Waals surface area contributed by atoms with E-state index in [4.69, 9.17) is 11.6 Å². The summed E-state index contributed by atoms with van der Waals surface area (Å²) in [6.45, 7) is 5.30. The van der Waals surface area contributed by atoms with Gasteiger partial charge in [0.05, 0.1) is 24.0 Å². The summed E-state index contributed by atoms with van der Waals surface area (Å²) in [5.41, 5.74) is 2.17. The quantitative estimate of drug-likeness (QED) is 0.635. The van der Waals surface area contributed by atoms with E-state index in [0.29, 0.717) is 34.8 Å². The minimum atomic E-state index is -0.233. The molecule has 0 aliphatic heterocycles. The number of aryl methyl sites for hydroxylation is 1. The van der Waals surface area contributed by atoms with Gasteiger partial charge in [-0.1, -0.05) is 36.7 Å². The van der Waals surface area contributed by atoms with Crippen molar-refractivity contribution in [2.24, 2.45) is 0 Å². The number of para-hydroxylation sites is 1. The number of nitrogens with zero attached hydrogens (tertiary/aromatic N) is 2. The van der Waals surface area contributed by atoms with Gasteiger partial charge < -0.3 is 10.3 Å². The van der Waals surface area contributed by atoms with Crippen LogP contribution in [0.2, 0.25) is 5.02 Å². The number of hydrogen-bond donors (Lipinski definition) is 2. The molecule has 28 heavy (non-hydrogen) atoms. The number of H-pyrrole nitrogens is 1. The molecule has 1 heterocycles. The van der Waals surface area contributed by atoms with Gasteiger partial charge in [0.25, 0.3) is 5.56 Å². The molecule has 0 aliphatic carbocycles. The van der Waals surface area contributed by atoms with Gasteiger partial charge in [-0.2, -0.15) is 0 Å². The second-order valence-electron chi connectivity index (χ2n) is 6.75. The summed E-state index contributed by atoms with van der Waals surface area (Å²) in [7, 11) is 0. The van der Waals surface area contributed by atoms with E-state index in [1.165, 1.54) is 0 Å². The predicted molar refractivity (Wildman–Crippen MR) is 113 cm³/mol. The third-order valence-electron chi connectivity index (χ3n) is 4.42. The first-order chi connectivity index (χ1) is 13.5. The van der Waals surface area contributed by atoms with E-state index in [0.717, 1.165) is 17.7 Å². The molecule has 0 bridgehead atoms. The maximum atomic E-state index is 12.5. The average Bonchev–Trinajstić information content (AvgIpc) is 2.64. The van der Waals surface area contributed by atoms with Crippen molar-refractivity contribution >= 4 is 34.1 Å². The lowest BCUT2D eigenvalue weighted by Crippen LogP contribution is -2.34. The van der Waals surface area contributed by atoms with Crippen molar-refractivity contribution < 1.29 is 4.79 Å². The Hall–Kier alpha value is -2.70. The molecule has 0 spiro atoms. The molecule has 2 N–H and O–H groups in total. The second kappa shape index (κ2) is 8.99. The van der Waals surface area contributed by atoms with Crippen LogP contribution in [0, 0.1) is 6.92 Å². The van der Waals surface area contributed by atoms with Crippen LogP contribution < -0.4 is 10.9 Å². The van der Waals surface area contributed by atoms with Crippen molar-refractivity contribution in [3.63, 3.8) is 0 Å². The molecule has 1 aromatic heterocycles. The highest BCUT2D eigenvalue weighted by molar-refractivity contribution is 6.31. The van der Waals surface area contributed by atoms with Crippen LogP contribution in [0.5, 0.6) is 0 Å². The molecule has 6 nitrogen and oxygen atoms in total. The second-order valence-corrected chi connectivity index (χ2v) is 7.18. The molecule has 3 aromatic rings. The summed E-state index contributed by atoms with van der Waals surface area (Å²) in [5, 5.41) is 3.89. The van der Waals surface area contributed by atoms with Crippen molar-refractivity contribution in [3.05, 3.63) is 69.2 Å². The number of hydrogen-bond acceptors (Lipinski definition) is 4. The first kappa shape index (κ1) is 20.0. The normalized spacial score (nSPS) is 11.1. The van der Waals surface area contributed by atoms with Crippen LogP contribution in [0.4, 0.5) is 5.69 Å². The molecule has 0 atom stereocenters. The van der Waals surface area contributed by atoms with Crippen molar-refractivity contribution in [2.45, 2.75) is 26.8 Å². The van der Waals surface area contributed by atoms with Gasteiger partial charge in [0.2, 0.25) is 5.91 Å². The number of carbonyl (C=O) groups excluding carboxylic acids is 1. The van der Waals surface area contributed by atoms with Crippen molar-refractivity contribution in [1.82, 2.24) is 14.9 Å². The van der Waals surface area contributed by atoms with Crippen LogP contribution in [0.1, 0.15) is 24.7 Å². The van der Waals surface area contributed by atoms with Crippen molar-refractivity contribution in [1.29, 1.82) is 0 Å². The van der Waals surface area contributed by atoms with Crippen molar-refractivity contribution in [2.75, 3.05) is 18.4 Å². The standard InChI is InChI=1S/C21H23ClN4O2/c1-3-10-26(13-20(27)24-17-7-5-4-6-14(17)2)12-19-23-18-9-8-15(22)11-16(18)21(28)25-19/h4-9,11H,3,10,12-13H2,1-2H3,(H,24,27)(H,23,25,28). The minimum absolute atomic E-state index is 0.0994. The number of anilines is 1. The van der Waals surface area contributed by atoms with Gasteiger partial charge in [-0.05, 0) is 49.7 Å². The molecular formula is C21H23ClN4O2.